The van der Waals surface area contributed by atoms with Crippen molar-refractivity contribution in [2.45, 2.75) is 6.54 Å². The minimum Gasteiger partial charge on any atom is -0.354 e. The number of nitrogens with zero attached hydrogens (tertiary/aromatic N) is 3. The van der Waals surface area contributed by atoms with Crippen molar-refractivity contribution in [2.75, 3.05) is 11.9 Å². The van der Waals surface area contributed by atoms with Crippen molar-refractivity contribution in [3.63, 3.8) is 0 Å². The molecule has 0 bridgehead atoms. The highest BCUT2D eigenvalue weighted by Gasteiger charge is 2.07. The van der Waals surface area contributed by atoms with Gasteiger partial charge in [0, 0.05) is 19.2 Å². The second-order valence-corrected chi connectivity index (χ2v) is 4.03. The van der Waals surface area contributed by atoms with Crippen LogP contribution in [0.4, 0.5) is 10.2 Å². The van der Waals surface area contributed by atoms with Crippen LogP contribution in [0.15, 0.2) is 36.7 Å². The third-order valence-electron chi connectivity index (χ3n) is 2.35. The lowest BCUT2D eigenvalue weighted by atomic mass is 10.2. The van der Waals surface area contributed by atoms with Gasteiger partial charge in [-0.25, -0.2) is 9.37 Å². The van der Waals surface area contributed by atoms with Gasteiger partial charge in [-0.05, 0) is 6.07 Å². The molecule has 0 radical (unpaired) electrons. The molecule has 88 valence electrons. The first-order valence-corrected chi connectivity index (χ1v) is 5.46. The van der Waals surface area contributed by atoms with Crippen molar-refractivity contribution in [2.24, 2.45) is 0 Å². The summed E-state index contributed by atoms with van der Waals surface area (Å²) in [5, 5.41) is 0.322. The maximum Gasteiger partial charge on any atom is 0.149 e. The van der Waals surface area contributed by atoms with Gasteiger partial charge in [0.05, 0.1) is 12.4 Å². The minimum absolute atomic E-state index is 0.227. The van der Waals surface area contributed by atoms with E-state index in [4.69, 9.17) is 11.6 Å². The fourth-order valence-corrected chi connectivity index (χ4v) is 1.62. The van der Waals surface area contributed by atoms with Gasteiger partial charge in [0.2, 0.25) is 0 Å². The molecule has 0 aliphatic heterocycles. The van der Waals surface area contributed by atoms with Crippen LogP contribution in [-0.4, -0.2) is 17.0 Å². The largest absolute Gasteiger partial charge is 0.354 e. The molecule has 0 saturated heterocycles. The molecule has 0 atom stereocenters. The van der Waals surface area contributed by atoms with Gasteiger partial charge in [0.1, 0.15) is 16.8 Å². The number of rotatable bonds is 3. The van der Waals surface area contributed by atoms with E-state index in [0.717, 1.165) is 0 Å². The van der Waals surface area contributed by atoms with Gasteiger partial charge in [-0.3, -0.25) is 4.98 Å². The third-order valence-corrected chi connectivity index (χ3v) is 2.53. The van der Waals surface area contributed by atoms with Crippen LogP contribution in [-0.2, 0) is 6.54 Å². The zero-order chi connectivity index (χ0) is 12.3. The van der Waals surface area contributed by atoms with E-state index in [2.05, 4.69) is 9.97 Å². The van der Waals surface area contributed by atoms with Crippen molar-refractivity contribution in [1.82, 2.24) is 9.97 Å². The average Bonchev–Trinajstić information content (AvgIpc) is 2.32. The zero-order valence-corrected chi connectivity index (χ0v) is 10.0. The lowest BCUT2D eigenvalue weighted by Gasteiger charge is -2.18. The standard InChI is InChI=1S/C12H11ClFN3/c1-17(12-7-15-6-11(13)16-12)8-9-4-2-3-5-10(9)14/h2-7H,8H2,1H3. The highest BCUT2D eigenvalue weighted by Crippen LogP contribution is 2.15. The lowest BCUT2D eigenvalue weighted by molar-refractivity contribution is 0.607. The summed E-state index contributed by atoms with van der Waals surface area (Å²) in [6.45, 7) is 0.418. The van der Waals surface area contributed by atoms with Crippen molar-refractivity contribution in [1.29, 1.82) is 0 Å². The van der Waals surface area contributed by atoms with Gasteiger partial charge in [-0.15, -0.1) is 0 Å². The molecule has 17 heavy (non-hydrogen) atoms. The van der Waals surface area contributed by atoms with E-state index in [9.17, 15) is 4.39 Å². The van der Waals surface area contributed by atoms with E-state index in [1.165, 1.54) is 12.3 Å². The molecule has 1 aromatic carbocycles. The number of halogens is 2. The minimum atomic E-state index is -0.227. The Morgan fingerprint density at radius 1 is 1.29 bits per heavy atom. The molecule has 0 amide bonds. The highest BCUT2D eigenvalue weighted by molar-refractivity contribution is 6.29. The Morgan fingerprint density at radius 3 is 2.76 bits per heavy atom. The molecule has 0 saturated carbocycles. The average molecular weight is 252 g/mol. The van der Waals surface area contributed by atoms with Gasteiger partial charge in [-0.1, -0.05) is 29.8 Å². The van der Waals surface area contributed by atoms with Crippen molar-refractivity contribution in [3.05, 3.63) is 53.2 Å². The molecule has 0 aliphatic rings. The fourth-order valence-electron chi connectivity index (χ4n) is 1.48. The first-order valence-electron chi connectivity index (χ1n) is 5.09. The molecule has 0 spiro atoms. The van der Waals surface area contributed by atoms with E-state index in [-0.39, 0.29) is 5.82 Å². The Balaban J connectivity index is 2.17. The number of aromatic nitrogens is 2. The summed E-state index contributed by atoms with van der Waals surface area (Å²) < 4.78 is 13.5. The maximum atomic E-state index is 13.5. The zero-order valence-electron chi connectivity index (χ0n) is 9.27. The second kappa shape index (κ2) is 5.10. The first kappa shape index (κ1) is 11.8. The molecule has 0 fully saturated rings. The summed E-state index contributed by atoms with van der Waals surface area (Å²) in [6.07, 6.45) is 3.05. The van der Waals surface area contributed by atoms with Crippen LogP contribution in [0.3, 0.4) is 0 Å². The number of hydrogen-bond donors (Lipinski definition) is 0. The van der Waals surface area contributed by atoms with E-state index in [1.807, 2.05) is 7.05 Å². The van der Waals surface area contributed by atoms with Crippen molar-refractivity contribution in [3.8, 4) is 0 Å². The summed E-state index contributed by atoms with van der Waals surface area (Å²) in [5.41, 5.74) is 0.608. The maximum absolute atomic E-state index is 13.5. The van der Waals surface area contributed by atoms with E-state index >= 15 is 0 Å². The second-order valence-electron chi connectivity index (χ2n) is 3.65. The Hall–Kier alpha value is -1.68. The van der Waals surface area contributed by atoms with Gasteiger partial charge >= 0.3 is 0 Å². The summed E-state index contributed by atoms with van der Waals surface area (Å²) in [5.74, 6) is 0.384. The Bertz CT molecular complexity index is 519. The van der Waals surface area contributed by atoms with Crippen molar-refractivity contribution >= 4 is 17.4 Å². The molecule has 3 nitrogen and oxygen atoms in total. The van der Waals surface area contributed by atoms with Gasteiger partial charge < -0.3 is 4.90 Å². The van der Waals surface area contributed by atoms with Crippen LogP contribution in [0.2, 0.25) is 5.15 Å². The van der Waals surface area contributed by atoms with Crippen LogP contribution in [0.25, 0.3) is 0 Å². The number of benzene rings is 1. The predicted octanol–water partition coefficient (Wildman–Crippen LogP) is 2.91. The van der Waals surface area contributed by atoms with E-state index in [0.29, 0.717) is 23.1 Å². The SMILES string of the molecule is CN(Cc1ccccc1F)c1cncc(Cl)n1. The van der Waals surface area contributed by atoms with Crippen LogP contribution >= 0.6 is 11.6 Å². The topological polar surface area (TPSA) is 29.0 Å². The Kier molecular flexibility index (Phi) is 3.54. The first-order chi connectivity index (χ1) is 8.16. The summed E-state index contributed by atoms with van der Waals surface area (Å²) in [7, 11) is 1.81. The monoisotopic (exact) mass is 251 g/mol. The van der Waals surface area contributed by atoms with E-state index in [1.54, 1.807) is 29.3 Å². The van der Waals surface area contributed by atoms with Gasteiger partial charge in [-0.2, -0.15) is 0 Å². The Morgan fingerprint density at radius 2 is 2.06 bits per heavy atom. The quantitative estimate of drug-likeness (QED) is 0.840. The van der Waals surface area contributed by atoms with Crippen LogP contribution < -0.4 is 4.90 Å². The molecule has 1 aromatic heterocycles. The third kappa shape index (κ3) is 2.91. The van der Waals surface area contributed by atoms with Crippen molar-refractivity contribution < 1.29 is 4.39 Å². The number of anilines is 1. The Labute approximate surface area is 104 Å². The molecule has 0 N–H and O–H groups in total. The lowest BCUT2D eigenvalue weighted by Crippen LogP contribution is -2.18. The van der Waals surface area contributed by atoms with Gasteiger partial charge in [0.15, 0.2) is 0 Å². The predicted molar refractivity (Wildman–Crippen MR) is 65.5 cm³/mol. The smallest absolute Gasteiger partial charge is 0.149 e. The summed E-state index contributed by atoms with van der Waals surface area (Å²) in [6, 6.07) is 6.64. The van der Waals surface area contributed by atoms with Gasteiger partial charge in [0.25, 0.3) is 0 Å². The summed E-state index contributed by atoms with van der Waals surface area (Å²) in [4.78, 5) is 9.83. The molecule has 0 aliphatic carbocycles. The van der Waals surface area contributed by atoms with E-state index < -0.39 is 0 Å². The van der Waals surface area contributed by atoms with Crippen LogP contribution in [0.1, 0.15) is 5.56 Å². The molecule has 1 heterocycles. The van der Waals surface area contributed by atoms with Crippen LogP contribution in [0.5, 0.6) is 0 Å². The molecule has 2 aromatic rings. The molecular formula is C12H11ClFN3. The molecule has 0 unspecified atom stereocenters. The normalized spacial score (nSPS) is 10.3. The fraction of sp³-hybridized carbons (Fsp3) is 0.167. The summed E-state index contributed by atoms with van der Waals surface area (Å²) >= 11 is 5.75. The van der Waals surface area contributed by atoms with Crippen LogP contribution in [0, 0.1) is 5.82 Å². The highest BCUT2D eigenvalue weighted by atomic mass is 35.5. The molecular weight excluding hydrogens is 241 g/mol. The molecule has 2 rings (SSSR count). The molecule has 5 heteroatoms. The number of hydrogen-bond acceptors (Lipinski definition) is 3.